The van der Waals surface area contributed by atoms with Crippen LogP contribution >= 0.6 is 23.2 Å². The van der Waals surface area contributed by atoms with Crippen molar-refractivity contribution in [3.05, 3.63) is 75.4 Å². The quantitative estimate of drug-likeness (QED) is 0.352. The van der Waals surface area contributed by atoms with Crippen LogP contribution in [0.25, 0.3) is 0 Å². The van der Waals surface area contributed by atoms with Crippen LogP contribution in [0.1, 0.15) is 60.3 Å². The van der Waals surface area contributed by atoms with Crippen molar-refractivity contribution in [3.8, 4) is 17.4 Å². The number of carbonyl (C=O) groups is 1. The summed E-state index contributed by atoms with van der Waals surface area (Å²) in [6.45, 7) is 3.28. The zero-order chi connectivity index (χ0) is 24.2. The molecule has 9 heteroatoms. The van der Waals surface area contributed by atoms with Gasteiger partial charge in [0.15, 0.2) is 5.75 Å². The summed E-state index contributed by atoms with van der Waals surface area (Å²) in [5, 5.41) is 11.1. The monoisotopic (exact) mass is 503 g/mol. The average molecular weight is 504 g/mol. The second-order valence-corrected chi connectivity index (χ2v) is 9.19. The predicted octanol–water partition coefficient (Wildman–Crippen LogP) is 6.68. The van der Waals surface area contributed by atoms with E-state index in [1.54, 1.807) is 26.0 Å². The highest BCUT2D eigenvalue weighted by Gasteiger charge is 2.26. The first kappa shape index (κ1) is 24.2. The standard InChI is InChI=1S/C25H24Cl2FN3O3/c1-14(2)33-25-23(24(32)29-12-21(28)19-9-8-17(26)11-20(19)27)22(13-30-31-25)34-18-5-3-4-16(10-18)15-6-7-15/h3-5,8-11,13-15,21H,6-7,12H2,1-2H3,(H,29,32). The Morgan fingerprint density at radius 2 is 2.00 bits per heavy atom. The average Bonchev–Trinajstić information content (AvgIpc) is 3.63. The Morgan fingerprint density at radius 3 is 2.71 bits per heavy atom. The van der Waals surface area contributed by atoms with Gasteiger partial charge in [0.2, 0.25) is 0 Å². The summed E-state index contributed by atoms with van der Waals surface area (Å²) >= 11 is 12.0. The molecule has 2 aromatic carbocycles. The summed E-state index contributed by atoms with van der Waals surface area (Å²) in [6, 6.07) is 12.2. The first-order valence-corrected chi connectivity index (χ1v) is 11.7. The van der Waals surface area contributed by atoms with E-state index in [0.29, 0.717) is 16.7 Å². The lowest BCUT2D eigenvalue weighted by Gasteiger charge is -2.17. The molecule has 1 amide bonds. The van der Waals surface area contributed by atoms with Gasteiger partial charge in [-0.1, -0.05) is 41.4 Å². The van der Waals surface area contributed by atoms with Gasteiger partial charge in [0.1, 0.15) is 17.5 Å². The van der Waals surface area contributed by atoms with Crippen molar-refractivity contribution in [1.29, 1.82) is 0 Å². The van der Waals surface area contributed by atoms with Crippen molar-refractivity contribution in [2.75, 3.05) is 6.54 Å². The molecule has 178 valence electrons. The van der Waals surface area contributed by atoms with Crippen LogP contribution in [0, 0.1) is 0 Å². The van der Waals surface area contributed by atoms with E-state index in [0.717, 1.165) is 12.8 Å². The molecule has 1 heterocycles. The maximum absolute atomic E-state index is 14.9. The van der Waals surface area contributed by atoms with Crippen molar-refractivity contribution < 1.29 is 18.7 Å². The number of aromatic nitrogens is 2. The number of nitrogens with one attached hydrogen (secondary N) is 1. The van der Waals surface area contributed by atoms with E-state index in [1.807, 2.05) is 12.1 Å². The number of hydrogen-bond donors (Lipinski definition) is 1. The molecule has 1 unspecified atom stereocenters. The van der Waals surface area contributed by atoms with Crippen molar-refractivity contribution in [2.24, 2.45) is 0 Å². The lowest BCUT2D eigenvalue weighted by Crippen LogP contribution is -2.29. The van der Waals surface area contributed by atoms with Gasteiger partial charge in [0.25, 0.3) is 11.8 Å². The molecule has 1 aliphatic rings. The minimum Gasteiger partial charge on any atom is -0.473 e. The normalized spacial score (nSPS) is 14.1. The third-order valence-corrected chi connectivity index (χ3v) is 5.80. The number of amides is 1. The topological polar surface area (TPSA) is 73.3 Å². The van der Waals surface area contributed by atoms with Gasteiger partial charge < -0.3 is 14.8 Å². The number of rotatable bonds is 9. The van der Waals surface area contributed by atoms with Crippen LogP contribution in [-0.4, -0.2) is 28.8 Å². The first-order chi connectivity index (χ1) is 16.3. The van der Waals surface area contributed by atoms with Gasteiger partial charge in [0.05, 0.1) is 18.8 Å². The molecule has 0 spiro atoms. The van der Waals surface area contributed by atoms with Crippen LogP contribution in [0.15, 0.2) is 48.7 Å². The molecule has 1 N–H and O–H groups in total. The minimum absolute atomic E-state index is 0.00304. The number of hydrogen-bond acceptors (Lipinski definition) is 5. The van der Waals surface area contributed by atoms with Crippen LogP contribution in [0.2, 0.25) is 10.0 Å². The molecule has 0 radical (unpaired) electrons. The first-order valence-electron chi connectivity index (χ1n) is 11.0. The third kappa shape index (κ3) is 5.96. The van der Waals surface area contributed by atoms with Gasteiger partial charge in [-0.2, -0.15) is 5.10 Å². The van der Waals surface area contributed by atoms with E-state index < -0.39 is 12.1 Å². The lowest BCUT2D eigenvalue weighted by molar-refractivity contribution is 0.0931. The Morgan fingerprint density at radius 1 is 1.21 bits per heavy atom. The molecule has 0 saturated heterocycles. The van der Waals surface area contributed by atoms with E-state index >= 15 is 0 Å². The molecule has 34 heavy (non-hydrogen) atoms. The van der Waals surface area contributed by atoms with Crippen LogP contribution in [-0.2, 0) is 0 Å². The molecule has 1 aliphatic carbocycles. The Kier molecular flexibility index (Phi) is 7.54. The molecule has 0 aliphatic heterocycles. The van der Waals surface area contributed by atoms with E-state index in [9.17, 15) is 9.18 Å². The fraction of sp³-hybridized carbons (Fsp3) is 0.320. The number of ether oxygens (including phenoxy) is 2. The molecule has 1 aromatic heterocycles. The molecule has 6 nitrogen and oxygen atoms in total. The van der Waals surface area contributed by atoms with Crippen LogP contribution < -0.4 is 14.8 Å². The van der Waals surface area contributed by atoms with Gasteiger partial charge in [-0.3, -0.25) is 4.79 Å². The van der Waals surface area contributed by atoms with E-state index in [4.69, 9.17) is 32.7 Å². The number of carbonyl (C=O) groups excluding carboxylic acids is 1. The van der Waals surface area contributed by atoms with E-state index in [1.165, 1.54) is 23.9 Å². The maximum atomic E-state index is 14.9. The van der Waals surface area contributed by atoms with Gasteiger partial charge >= 0.3 is 0 Å². The van der Waals surface area contributed by atoms with E-state index in [-0.39, 0.29) is 40.4 Å². The van der Waals surface area contributed by atoms with Gasteiger partial charge in [-0.25, -0.2) is 4.39 Å². The minimum atomic E-state index is -1.54. The van der Waals surface area contributed by atoms with E-state index in [2.05, 4.69) is 21.6 Å². The number of alkyl halides is 1. The fourth-order valence-electron chi connectivity index (χ4n) is 3.46. The van der Waals surface area contributed by atoms with Crippen LogP contribution in [0.4, 0.5) is 4.39 Å². The molecule has 0 bridgehead atoms. The Hall–Kier alpha value is -2.90. The highest BCUT2D eigenvalue weighted by Crippen LogP contribution is 2.41. The predicted molar refractivity (Wildman–Crippen MR) is 129 cm³/mol. The summed E-state index contributed by atoms with van der Waals surface area (Å²) in [5.74, 6) is 0.673. The molecule has 3 aromatic rings. The van der Waals surface area contributed by atoms with Crippen LogP contribution in [0.3, 0.4) is 0 Å². The largest absolute Gasteiger partial charge is 0.473 e. The molecule has 1 fully saturated rings. The van der Waals surface area contributed by atoms with Crippen LogP contribution in [0.5, 0.6) is 17.4 Å². The third-order valence-electron chi connectivity index (χ3n) is 5.23. The lowest BCUT2D eigenvalue weighted by atomic mass is 10.1. The second kappa shape index (κ2) is 10.6. The van der Waals surface area contributed by atoms with Gasteiger partial charge in [-0.15, -0.1) is 5.10 Å². The zero-order valence-corrected chi connectivity index (χ0v) is 20.2. The maximum Gasteiger partial charge on any atom is 0.260 e. The highest BCUT2D eigenvalue weighted by atomic mass is 35.5. The summed E-state index contributed by atoms with van der Waals surface area (Å²) in [4.78, 5) is 13.2. The molecule has 1 atom stereocenters. The fourth-order valence-corrected chi connectivity index (χ4v) is 3.98. The smallest absolute Gasteiger partial charge is 0.260 e. The van der Waals surface area contributed by atoms with Crippen molar-refractivity contribution in [3.63, 3.8) is 0 Å². The summed E-state index contributed by atoms with van der Waals surface area (Å²) in [6.07, 6.45) is 1.84. The Labute approximate surface area is 207 Å². The highest BCUT2D eigenvalue weighted by molar-refractivity contribution is 6.35. The zero-order valence-electron chi connectivity index (χ0n) is 18.7. The SMILES string of the molecule is CC(C)Oc1nncc(Oc2cccc(C3CC3)c2)c1C(=O)NCC(F)c1ccc(Cl)cc1Cl. The van der Waals surface area contributed by atoms with Crippen molar-refractivity contribution in [1.82, 2.24) is 15.5 Å². The Balaban J connectivity index is 1.56. The molecule has 4 rings (SSSR count). The Bertz CT molecular complexity index is 1190. The molecular weight excluding hydrogens is 480 g/mol. The molecular formula is C25H24Cl2FN3O3. The number of nitrogens with zero attached hydrogens (tertiary/aromatic N) is 2. The van der Waals surface area contributed by atoms with Crippen molar-refractivity contribution in [2.45, 2.75) is 44.9 Å². The van der Waals surface area contributed by atoms with Crippen molar-refractivity contribution >= 4 is 29.1 Å². The second-order valence-electron chi connectivity index (χ2n) is 8.35. The van der Waals surface area contributed by atoms with Gasteiger partial charge in [-0.05, 0) is 62.4 Å². The molecule has 1 saturated carbocycles. The number of benzene rings is 2. The number of halogens is 3. The summed E-state index contributed by atoms with van der Waals surface area (Å²) < 4.78 is 26.6. The summed E-state index contributed by atoms with van der Waals surface area (Å²) in [7, 11) is 0. The summed E-state index contributed by atoms with van der Waals surface area (Å²) in [5.41, 5.74) is 1.45. The van der Waals surface area contributed by atoms with Gasteiger partial charge in [0, 0.05) is 15.6 Å².